The predicted molar refractivity (Wildman–Crippen MR) is 133 cm³/mol. The molecule has 0 aliphatic carbocycles. The first-order valence-electron chi connectivity index (χ1n) is 10.3. The van der Waals surface area contributed by atoms with Crippen LogP contribution in [0.2, 0.25) is 0 Å². The average Bonchev–Trinajstić information content (AvgIpc) is 3.59. The Morgan fingerprint density at radius 1 is 1.03 bits per heavy atom. The smallest absolute Gasteiger partial charge is 0.297 e. The van der Waals surface area contributed by atoms with Crippen LogP contribution in [0.4, 0.5) is 5.69 Å². The maximum absolute atomic E-state index is 13.3. The van der Waals surface area contributed by atoms with Gasteiger partial charge < -0.3 is 4.42 Å². The van der Waals surface area contributed by atoms with Gasteiger partial charge in [0.05, 0.1) is 23.9 Å². The van der Waals surface area contributed by atoms with Crippen LogP contribution in [-0.4, -0.2) is 20.3 Å². The lowest BCUT2D eigenvalue weighted by Gasteiger charge is -2.07. The number of nitrogens with zero attached hydrogens (tertiary/aromatic N) is 5. The van der Waals surface area contributed by atoms with Gasteiger partial charge in [-0.1, -0.05) is 18.2 Å². The first-order chi connectivity index (χ1) is 16.0. The summed E-state index contributed by atoms with van der Waals surface area (Å²) < 4.78 is 10.8. The van der Waals surface area contributed by atoms with Gasteiger partial charge in [0.15, 0.2) is 11.4 Å². The lowest BCUT2D eigenvalue weighted by Crippen LogP contribution is -2.19. The molecule has 0 spiro atoms. The van der Waals surface area contributed by atoms with Crippen LogP contribution in [0, 0.1) is 13.8 Å². The van der Waals surface area contributed by atoms with Crippen LogP contribution >= 0.6 is 22.7 Å². The Morgan fingerprint density at radius 3 is 2.55 bits per heavy atom. The van der Waals surface area contributed by atoms with Crippen molar-refractivity contribution in [2.45, 2.75) is 13.8 Å². The van der Waals surface area contributed by atoms with E-state index < -0.39 is 0 Å². The maximum Gasteiger partial charge on any atom is 0.297 e. The minimum absolute atomic E-state index is 0.182. The minimum atomic E-state index is -0.182. The monoisotopic (exact) mass is 475 g/mol. The molecular formula is C24H21N5O2S2. The molecule has 33 heavy (non-hydrogen) atoms. The molecule has 0 saturated heterocycles. The van der Waals surface area contributed by atoms with E-state index in [2.05, 4.69) is 13.0 Å². The van der Waals surface area contributed by atoms with E-state index in [4.69, 9.17) is 14.5 Å². The highest BCUT2D eigenvalue weighted by Crippen LogP contribution is 2.22. The van der Waals surface area contributed by atoms with E-state index in [1.165, 1.54) is 16.2 Å². The second kappa shape index (κ2) is 8.68. The Balaban J connectivity index is 1.68. The number of aromatic nitrogens is 3. The van der Waals surface area contributed by atoms with Gasteiger partial charge >= 0.3 is 0 Å². The van der Waals surface area contributed by atoms with E-state index in [1.54, 1.807) is 33.2 Å². The number of thiazole rings is 1. The van der Waals surface area contributed by atoms with E-state index >= 15 is 0 Å². The molecule has 9 heteroatoms. The van der Waals surface area contributed by atoms with Gasteiger partial charge in [0, 0.05) is 22.2 Å². The molecule has 0 bridgehead atoms. The van der Waals surface area contributed by atoms with E-state index in [0.29, 0.717) is 16.2 Å². The summed E-state index contributed by atoms with van der Waals surface area (Å²) in [6.45, 7) is 3.95. The third-order valence-electron chi connectivity index (χ3n) is 5.25. The van der Waals surface area contributed by atoms with E-state index in [1.807, 2.05) is 72.6 Å². The van der Waals surface area contributed by atoms with Crippen molar-refractivity contribution >= 4 is 34.6 Å². The van der Waals surface area contributed by atoms with Gasteiger partial charge in [-0.3, -0.25) is 9.48 Å². The third-order valence-corrected chi connectivity index (χ3v) is 7.00. The maximum atomic E-state index is 13.3. The molecule has 0 saturated carbocycles. The Kier molecular flexibility index (Phi) is 5.57. The molecule has 0 fully saturated rings. The van der Waals surface area contributed by atoms with Gasteiger partial charge in [0.1, 0.15) is 5.69 Å². The van der Waals surface area contributed by atoms with Crippen molar-refractivity contribution in [1.29, 1.82) is 0 Å². The summed E-state index contributed by atoms with van der Waals surface area (Å²) in [6.07, 6.45) is 3.43. The third kappa shape index (κ3) is 3.96. The fourth-order valence-corrected chi connectivity index (χ4v) is 5.07. The SMILES string of the molecule is Cc1ccc(C=Nn2c(-c3ccco3)csc2=Nc2c(C)n(C)n(-c3ccccc3)c2=O)s1. The van der Waals surface area contributed by atoms with Gasteiger partial charge in [-0.25, -0.2) is 14.4 Å². The molecule has 0 N–H and O–H groups in total. The molecule has 0 aliphatic heterocycles. The van der Waals surface area contributed by atoms with Crippen LogP contribution in [0.1, 0.15) is 15.4 Å². The molecular weight excluding hydrogens is 454 g/mol. The average molecular weight is 476 g/mol. The summed E-state index contributed by atoms with van der Waals surface area (Å²) in [5.41, 5.74) is 2.52. The highest BCUT2D eigenvalue weighted by Gasteiger charge is 2.17. The van der Waals surface area contributed by atoms with Crippen molar-refractivity contribution in [2.24, 2.45) is 17.1 Å². The molecule has 1 aromatic carbocycles. The lowest BCUT2D eigenvalue weighted by molar-refractivity contribution is 0.575. The Hall–Kier alpha value is -3.69. The Bertz CT molecular complexity index is 1560. The highest BCUT2D eigenvalue weighted by atomic mass is 32.1. The number of hydrogen-bond acceptors (Lipinski definition) is 6. The van der Waals surface area contributed by atoms with Gasteiger partial charge in [0.25, 0.3) is 5.56 Å². The molecule has 7 nitrogen and oxygen atoms in total. The molecule has 4 aromatic heterocycles. The zero-order valence-electron chi connectivity index (χ0n) is 18.3. The van der Waals surface area contributed by atoms with Crippen molar-refractivity contribution < 1.29 is 4.42 Å². The second-order valence-electron chi connectivity index (χ2n) is 7.41. The zero-order valence-corrected chi connectivity index (χ0v) is 19.9. The summed E-state index contributed by atoms with van der Waals surface area (Å²) in [4.78, 5) is 20.9. The van der Waals surface area contributed by atoms with Crippen molar-refractivity contribution in [1.82, 2.24) is 14.0 Å². The lowest BCUT2D eigenvalue weighted by atomic mass is 10.3. The van der Waals surface area contributed by atoms with Crippen molar-refractivity contribution in [3.63, 3.8) is 0 Å². The molecule has 0 atom stereocenters. The highest BCUT2D eigenvalue weighted by molar-refractivity contribution is 7.13. The topological polar surface area (TPSA) is 69.7 Å². The molecule has 0 amide bonds. The molecule has 0 aliphatic rings. The first kappa shape index (κ1) is 21.2. The van der Waals surface area contributed by atoms with Crippen LogP contribution in [0.3, 0.4) is 0 Å². The molecule has 0 unspecified atom stereocenters. The van der Waals surface area contributed by atoms with Gasteiger partial charge in [-0.15, -0.1) is 22.7 Å². The quantitative estimate of drug-likeness (QED) is 0.332. The Labute approximate surface area is 197 Å². The summed E-state index contributed by atoms with van der Waals surface area (Å²) in [7, 11) is 1.86. The van der Waals surface area contributed by atoms with E-state index in [9.17, 15) is 4.79 Å². The fraction of sp³-hybridized carbons (Fsp3) is 0.125. The van der Waals surface area contributed by atoms with Crippen LogP contribution in [0.5, 0.6) is 0 Å². The number of thiophene rings is 1. The standard InChI is InChI=1S/C24H21N5O2S2/c1-16-11-12-19(33-16)14-25-28-20(21-10-7-13-31-21)15-32-24(28)26-22-17(2)27(3)29(23(22)30)18-8-5-4-6-9-18/h4-15H,1-3H3. The van der Waals surface area contributed by atoms with E-state index in [-0.39, 0.29) is 5.56 Å². The summed E-state index contributed by atoms with van der Waals surface area (Å²) in [5, 5.41) is 6.62. The van der Waals surface area contributed by atoms with Crippen molar-refractivity contribution in [3.8, 4) is 17.1 Å². The molecule has 5 aromatic rings. The van der Waals surface area contributed by atoms with Crippen molar-refractivity contribution in [3.05, 3.63) is 96.8 Å². The number of benzene rings is 1. The molecule has 0 radical (unpaired) electrons. The zero-order chi connectivity index (χ0) is 22.9. The van der Waals surface area contributed by atoms with Gasteiger partial charge in [0.2, 0.25) is 4.80 Å². The van der Waals surface area contributed by atoms with Crippen molar-refractivity contribution in [2.75, 3.05) is 0 Å². The number of aryl methyl sites for hydroxylation is 1. The largest absolute Gasteiger partial charge is 0.463 e. The van der Waals surface area contributed by atoms with Gasteiger partial charge in [-0.05, 0) is 50.2 Å². The van der Waals surface area contributed by atoms with Crippen LogP contribution < -0.4 is 10.4 Å². The summed E-state index contributed by atoms with van der Waals surface area (Å²) >= 11 is 3.07. The molecule has 4 heterocycles. The number of hydrogen-bond donors (Lipinski definition) is 0. The minimum Gasteiger partial charge on any atom is -0.463 e. The first-order valence-corrected chi connectivity index (χ1v) is 12.0. The van der Waals surface area contributed by atoms with Crippen LogP contribution in [0.25, 0.3) is 17.1 Å². The normalized spacial score (nSPS) is 12.3. The number of para-hydroxylation sites is 1. The van der Waals surface area contributed by atoms with Crippen LogP contribution in [-0.2, 0) is 7.05 Å². The van der Waals surface area contributed by atoms with Gasteiger partial charge in [-0.2, -0.15) is 5.10 Å². The Morgan fingerprint density at radius 2 is 1.85 bits per heavy atom. The summed E-state index contributed by atoms with van der Waals surface area (Å²) in [6, 6.07) is 17.3. The van der Waals surface area contributed by atoms with Crippen LogP contribution in [0.15, 0.2) is 85.5 Å². The summed E-state index contributed by atoms with van der Waals surface area (Å²) in [5.74, 6) is 0.679. The second-order valence-corrected chi connectivity index (χ2v) is 9.56. The number of furan rings is 1. The molecule has 166 valence electrons. The number of rotatable bonds is 5. The predicted octanol–water partition coefficient (Wildman–Crippen LogP) is 5.09. The van der Waals surface area contributed by atoms with E-state index in [0.717, 1.165) is 22.0 Å². The fourth-order valence-electron chi connectivity index (χ4n) is 3.50. The molecule has 5 rings (SSSR count).